The first-order valence-corrected chi connectivity index (χ1v) is 5.16. The van der Waals surface area contributed by atoms with E-state index >= 15 is 0 Å². The molecule has 0 atom stereocenters. The first-order valence-electron chi connectivity index (χ1n) is 5.16. The van der Waals surface area contributed by atoms with E-state index in [9.17, 15) is 4.79 Å². The van der Waals surface area contributed by atoms with E-state index in [2.05, 4.69) is 0 Å². The van der Waals surface area contributed by atoms with Crippen LogP contribution in [0.2, 0.25) is 0 Å². The zero-order valence-electron chi connectivity index (χ0n) is 10.1. The van der Waals surface area contributed by atoms with Crippen molar-refractivity contribution >= 4 is 5.97 Å². The molecule has 0 heterocycles. The SMILES string of the molecule is CC(=O)OCCN(OC(C)C)OC(C)C. The van der Waals surface area contributed by atoms with Crippen LogP contribution in [0.15, 0.2) is 0 Å². The minimum absolute atomic E-state index is 0.0288. The number of hydrogen-bond donors (Lipinski definition) is 0. The quantitative estimate of drug-likeness (QED) is 0.480. The normalized spacial score (nSPS) is 11.5. The molecule has 0 radical (unpaired) electrons. The van der Waals surface area contributed by atoms with Gasteiger partial charge in [0.25, 0.3) is 0 Å². The Balaban J connectivity index is 3.84. The summed E-state index contributed by atoms with van der Waals surface area (Å²) in [5.41, 5.74) is 0. The summed E-state index contributed by atoms with van der Waals surface area (Å²) in [5, 5.41) is 1.36. The summed E-state index contributed by atoms with van der Waals surface area (Å²) in [7, 11) is 0. The molecule has 0 aliphatic heterocycles. The summed E-state index contributed by atoms with van der Waals surface area (Å²) < 4.78 is 4.79. The average Bonchev–Trinajstić information content (AvgIpc) is 2.00. The second-order valence-corrected chi connectivity index (χ2v) is 3.70. The molecule has 0 spiro atoms. The Bertz CT molecular complexity index is 172. The van der Waals surface area contributed by atoms with Crippen molar-refractivity contribution < 1.29 is 19.2 Å². The van der Waals surface area contributed by atoms with Crippen LogP contribution in [0.4, 0.5) is 0 Å². The van der Waals surface area contributed by atoms with Crippen molar-refractivity contribution in [2.45, 2.75) is 46.8 Å². The third-order valence-corrected chi connectivity index (χ3v) is 1.24. The Morgan fingerprint density at radius 3 is 1.93 bits per heavy atom. The summed E-state index contributed by atoms with van der Waals surface area (Å²) >= 11 is 0. The molecule has 0 aromatic heterocycles. The van der Waals surface area contributed by atoms with Crippen LogP contribution in [0.5, 0.6) is 0 Å². The average molecular weight is 219 g/mol. The molecule has 0 N–H and O–H groups in total. The van der Waals surface area contributed by atoms with Gasteiger partial charge in [-0.2, -0.15) is 0 Å². The maximum Gasteiger partial charge on any atom is 0.302 e. The van der Waals surface area contributed by atoms with Gasteiger partial charge in [-0.25, -0.2) is 0 Å². The van der Waals surface area contributed by atoms with Crippen LogP contribution in [0.3, 0.4) is 0 Å². The zero-order chi connectivity index (χ0) is 11.8. The topological polar surface area (TPSA) is 48.0 Å². The highest BCUT2D eigenvalue weighted by Crippen LogP contribution is 2.01. The molecule has 90 valence electrons. The molecule has 0 rings (SSSR count). The molecule has 0 unspecified atom stereocenters. The lowest BCUT2D eigenvalue weighted by atomic mass is 10.5. The van der Waals surface area contributed by atoms with Gasteiger partial charge in [-0.3, -0.25) is 14.5 Å². The Hall–Kier alpha value is -0.650. The van der Waals surface area contributed by atoms with Crippen LogP contribution in [0.25, 0.3) is 0 Å². The van der Waals surface area contributed by atoms with Crippen molar-refractivity contribution in [3.63, 3.8) is 0 Å². The van der Waals surface area contributed by atoms with Crippen molar-refractivity contribution in [2.75, 3.05) is 13.2 Å². The molecule has 0 aliphatic carbocycles. The van der Waals surface area contributed by atoms with Gasteiger partial charge in [-0.15, -0.1) is 0 Å². The minimum Gasteiger partial charge on any atom is -0.464 e. The second-order valence-electron chi connectivity index (χ2n) is 3.70. The van der Waals surface area contributed by atoms with Gasteiger partial charge in [0.1, 0.15) is 6.61 Å². The molecular formula is C10H21NO4. The number of esters is 1. The van der Waals surface area contributed by atoms with Crippen LogP contribution in [-0.2, 0) is 19.2 Å². The van der Waals surface area contributed by atoms with Crippen LogP contribution in [-0.4, -0.2) is 36.6 Å². The molecule has 0 saturated heterocycles. The van der Waals surface area contributed by atoms with Crippen LogP contribution in [0, 0.1) is 0 Å². The van der Waals surface area contributed by atoms with E-state index in [-0.39, 0.29) is 24.8 Å². The maximum atomic E-state index is 10.5. The molecule has 0 aromatic rings. The van der Waals surface area contributed by atoms with Gasteiger partial charge >= 0.3 is 5.97 Å². The lowest BCUT2D eigenvalue weighted by Crippen LogP contribution is -2.33. The fourth-order valence-electron chi connectivity index (χ4n) is 0.864. The van der Waals surface area contributed by atoms with Gasteiger partial charge in [0.05, 0.1) is 18.8 Å². The van der Waals surface area contributed by atoms with Crippen molar-refractivity contribution in [1.29, 1.82) is 0 Å². The van der Waals surface area contributed by atoms with Gasteiger partial charge in [0.2, 0.25) is 0 Å². The first-order chi connectivity index (χ1) is 6.91. The van der Waals surface area contributed by atoms with Gasteiger partial charge < -0.3 is 4.74 Å². The molecule has 5 nitrogen and oxygen atoms in total. The number of hydroxylamine groups is 2. The lowest BCUT2D eigenvalue weighted by Gasteiger charge is -2.24. The van der Waals surface area contributed by atoms with E-state index in [1.807, 2.05) is 27.7 Å². The molecule has 0 aromatic carbocycles. The van der Waals surface area contributed by atoms with Crippen LogP contribution in [0.1, 0.15) is 34.6 Å². The third-order valence-electron chi connectivity index (χ3n) is 1.24. The lowest BCUT2D eigenvalue weighted by molar-refractivity contribution is -0.395. The Morgan fingerprint density at radius 2 is 1.60 bits per heavy atom. The van der Waals surface area contributed by atoms with E-state index in [0.717, 1.165) is 0 Å². The van der Waals surface area contributed by atoms with Crippen molar-refractivity contribution in [3.05, 3.63) is 0 Å². The number of carbonyl (C=O) groups excluding carboxylic acids is 1. The maximum absolute atomic E-state index is 10.5. The fourth-order valence-corrected chi connectivity index (χ4v) is 0.864. The summed E-state index contributed by atoms with van der Waals surface area (Å²) in [6.45, 7) is 9.65. The highest BCUT2D eigenvalue weighted by Gasteiger charge is 2.11. The number of rotatable bonds is 7. The molecule has 0 saturated carbocycles. The highest BCUT2D eigenvalue weighted by molar-refractivity contribution is 5.65. The number of hydrogen-bond acceptors (Lipinski definition) is 5. The van der Waals surface area contributed by atoms with E-state index < -0.39 is 0 Å². The van der Waals surface area contributed by atoms with Crippen molar-refractivity contribution in [2.24, 2.45) is 0 Å². The summed E-state index contributed by atoms with van der Waals surface area (Å²) in [5.74, 6) is -0.302. The predicted molar refractivity (Wildman–Crippen MR) is 55.8 cm³/mol. The van der Waals surface area contributed by atoms with E-state index in [4.69, 9.17) is 14.4 Å². The van der Waals surface area contributed by atoms with Gasteiger partial charge in [0.15, 0.2) is 0 Å². The number of ether oxygens (including phenoxy) is 1. The van der Waals surface area contributed by atoms with Crippen molar-refractivity contribution in [1.82, 2.24) is 5.23 Å². The highest BCUT2D eigenvalue weighted by atomic mass is 17.0. The molecule has 0 amide bonds. The fraction of sp³-hybridized carbons (Fsp3) is 0.900. The second kappa shape index (κ2) is 7.62. The Kier molecular flexibility index (Phi) is 7.29. The Labute approximate surface area is 91.2 Å². The van der Waals surface area contributed by atoms with Crippen LogP contribution >= 0.6 is 0 Å². The van der Waals surface area contributed by atoms with Crippen LogP contribution < -0.4 is 0 Å². The zero-order valence-corrected chi connectivity index (χ0v) is 10.1. The molecule has 0 fully saturated rings. The first kappa shape index (κ1) is 14.3. The van der Waals surface area contributed by atoms with E-state index in [0.29, 0.717) is 6.54 Å². The van der Waals surface area contributed by atoms with E-state index in [1.165, 1.54) is 12.2 Å². The molecular weight excluding hydrogens is 198 g/mol. The number of carbonyl (C=O) groups is 1. The molecule has 0 bridgehead atoms. The van der Waals surface area contributed by atoms with Gasteiger partial charge in [-0.05, 0) is 27.7 Å². The number of nitrogens with zero attached hydrogens (tertiary/aromatic N) is 1. The minimum atomic E-state index is -0.302. The third kappa shape index (κ3) is 9.65. The Morgan fingerprint density at radius 1 is 1.13 bits per heavy atom. The summed E-state index contributed by atoms with van der Waals surface area (Å²) in [6, 6.07) is 0. The van der Waals surface area contributed by atoms with Crippen molar-refractivity contribution in [3.8, 4) is 0 Å². The van der Waals surface area contributed by atoms with Gasteiger partial charge in [-0.1, -0.05) is 5.23 Å². The smallest absolute Gasteiger partial charge is 0.302 e. The summed E-state index contributed by atoms with van der Waals surface area (Å²) in [6.07, 6.45) is 0.0576. The monoisotopic (exact) mass is 219 g/mol. The predicted octanol–water partition coefficient (Wildman–Crippen LogP) is 1.53. The van der Waals surface area contributed by atoms with E-state index in [1.54, 1.807) is 0 Å². The summed E-state index contributed by atoms with van der Waals surface area (Å²) in [4.78, 5) is 21.3. The molecule has 5 heteroatoms. The standard InChI is InChI=1S/C10H21NO4/c1-8(2)14-11(15-9(3)4)6-7-13-10(5)12/h8-9H,6-7H2,1-5H3. The van der Waals surface area contributed by atoms with Gasteiger partial charge in [0, 0.05) is 6.92 Å². The molecule has 0 aliphatic rings. The largest absolute Gasteiger partial charge is 0.464 e. The molecule has 15 heavy (non-hydrogen) atoms.